The quantitative estimate of drug-likeness (QED) is 0.690. The van der Waals surface area contributed by atoms with Crippen LogP contribution >= 0.6 is 0 Å². The number of carbonyl (C=O) groups excluding carboxylic acids is 1. The van der Waals surface area contributed by atoms with Gasteiger partial charge in [0, 0.05) is 5.69 Å². The number of hydrogen-bond acceptors (Lipinski definition) is 3. The van der Waals surface area contributed by atoms with Gasteiger partial charge < -0.3 is 14.6 Å². The van der Waals surface area contributed by atoms with Crippen molar-refractivity contribution in [1.29, 1.82) is 0 Å². The highest BCUT2D eigenvalue weighted by atomic mass is 16.7. The van der Waals surface area contributed by atoms with E-state index in [0.29, 0.717) is 0 Å². The molecule has 0 bridgehead atoms. The highest BCUT2D eigenvalue weighted by molar-refractivity contribution is 6.62. The zero-order chi connectivity index (χ0) is 16.5. The maximum atomic E-state index is 11.7. The molecule has 2 rings (SSSR count). The Morgan fingerprint density at radius 3 is 2.32 bits per heavy atom. The van der Waals surface area contributed by atoms with E-state index < -0.39 is 7.12 Å². The molecule has 1 N–H and O–H groups in total. The maximum Gasteiger partial charge on any atom is 0.495 e. The lowest BCUT2D eigenvalue weighted by molar-refractivity contribution is -0.111. The number of benzene rings is 1. The van der Waals surface area contributed by atoms with E-state index in [-0.39, 0.29) is 17.1 Å². The second-order valence-electron chi connectivity index (χ2n) is 6.60. The Morgan fingerprint density at radius 2 is 1.77 bits per heavy atom. The van der Waals surface area contributed by atoms with Gasteiger partial charge in [-0.3, -0.25) is 4.79 Å². The van der Waals surface area contributed by atoms with Gasteiger partial charge in [0.05, 0.1) is 11.2 Å². The van der Waals surface area contributed by atoms with Crippen molar-refractivity contribution < 1.29 is 14.1 Å². The topological polar surface area (TPSA) is 47.6 Å². The van der Waals surface area contributed by atoms with Gasteiger partial charge in [0.2, 0.25) is 5.91 Å². The van der Waals surface area contributed by atoms with Crippen molar-refractivity contribution in [2.45, 2.75) is 52.7 Å². The Labute approximate surface area is 133 Å². The van der Waals surface area contributed by atoms with E-state index in [2.05, 4.69) is 5.32 Å². The molecule has 1 heterocycles. The summed E-state index contributed by atoms with van der Waals surface area (Å²) in [6.45, 7) is 11.9. The van der Waals surface area contributed by atoms with Crippen LogP contribution in [0.4, 0.5) is 5.69 Å². The summed E-state index contributed by atoms with van der Waals surface area (Å²) >= 11 is 0. The Morgan fingerprint density at radius 1 is 1.18 bits per heavy atom. The molecule has 1 aromatic carbocycles. The number of rotatable bonds is 3. The van der Waals surface area contributed by atoms with E-state index in [0.717, 1.165) is 16.7 Å². The van der Waals surface area contributed by atoms with Crippen LogP contribution in [0.1, 0.15) is 40.2 Å². The smallest absolute Gasteiger partial charge is 0.399 e. The van der Waals surface area contributed by atoms with Gasteiger partial charge in [0.1, 0.15) is 0 Å². The molecule has 0 radical (unpaired) electrons. The maximum absolute atomic E-state index is 11.7. The summed E-state index contributed by atoms with van der Waals surface area (Å²) in [5.74, 6) is -0.142. The molecule has 1 saturated heterocycles. The first-order chi connectivity index (χ1) is 10.2. The molecule has 1 aromatic rings. The van der Waals surface area contributed by atoms with Crippen molar-refractivity contribution in [3.8, 4) is 0 Å². The third-order valence-electron chi connectivity index (χ3n) is 4.46. The molecule has 0 unspecified atom stereocenters. The van der Waals surface area contributed by atoms with Crippen LogP contribution in [-0.2, 0) is 14.1 Å². The lowest BCUT2D eigenvalue weighted by Gasteiger charge is -2.32. The average Bonchev–Trinajstić information content (AvgIpc) is 2.61. The summed E-state index contributed by atoms with van der Waals surface area (Å²) in [7, 11) is -0.427. The summed E-state index contributed by atoms with van der Waals surface area (Å²) in [4.78, 5) is 11.7. The number of nitrogens with one attached hydrogen (secondary N) is 1. The van der Waals surface area contributed by atoms with Gasteiger partial charge in [0.15, 0.2) is 0 Å². The molecule has 0 aliphatic carbocycles. The normalized spacial score (nSPS) is 19.6. The van der Waals surface area contributed by atoms with Crippen molar-refractivity contribution in [2.75, 3.05) is 5.32 Å². The van der Waals surface area contributed by atoms with E-state index in [1.54, 1.807) is 6.08 Å². The molecule has 118 valence electrons. The monoisotopic (exact) mass is 301 g/mol. The Bertz CT molecular complexity index is 592. The molecule has 1 amide bonds. The lowest BCUT2D eigenvalue weighted by atomic mass is 9.76. The van der Waals surface area contributed by atoms with Crippen molar-refractivity contribution in [3.05, 3.63) is 35.9 Å². The standard InChI is InChI=1S/C17H24BNO3/c1-7-9-15(20)19-14-11-8-10-13(12(14)2)18-21-16(3,4)17(5,6)22-18/h7-11H,1-6H3,(H,19,20). The average molecular weight is 301 g/mol. The van der Waals surface area contributed by atoms with E-state index in [4.69, 9.17) is 9.31 Å². The van der Waals surface area contributed by atoms with E-state index in [9.17, 15) is 4.79 Å². The van der Waals surface area contributed by atoms with Crippen LogP contribution in [0.15, 0.2) is 30.4 Å². The van der Waals surface area contributed by atoms with Crippen molar-refractivity contribution in [2.24, 2.45) is 0 Å². The molecule has 1 fully saturated rings. The minimum absolute atomic E-state index is 0.142. The fourth-order valence-corrected chi connectivity index (χ4v) is 2.34. The molecule has 1 aliphatic heterocycles. The van der Waals surface area contributed by atoms with Crippen molar-refractivity contribution in [3.63, 3.8) is 0 Å². The van der Waals surface area contributed by atoms with Crippen LogP contribution in [0.5, 0.6) is 0 Å². The first-order valence-electron chi connectivity index (χ1n) is 7.57. The minimum atomic E-state index is -0.427. The highest BCUT2D eigenvalue weighted by Crippen LogP contribution is 2.36. The summed E-state index contributed by atoms with van der Waals surface area (Å²) in [5, 5.41) is 2.88. The zero-order valence-electron chi connectivity index (χ0n) is 14.2. The van der Waals surface area contributed by atoms with E-state index in [1.807, 2.05) is 59.7 Å². The summed E-state index contributed by atoms with van der Waals surface area (Å²) in [6.07, 6.45) is 3.21. The molecule has 0 atom stereocenters. The Balaban J connectivity index is 2.29. The molecule has 22 heavy (non-hydrogen) atoms. The van der Waals surface area contributed by atoms with Gasteiger partial charge in [0.25, 0.3) is 0 Å². The molecule has 1 aliphatic rings. The third-order valence-corrected chi connectivity index (χ3v) is 4.46. The van der Waals surface area contributed by atoms with Gasteiger partial charge in [-0.25, -0.2) is 0 Å². The Hall–Kier alpha value is -1.59. The fraction of sp³-hybridized carbons (Fsp3) is 0.471. The summed E-state index contributed by atoms with van der Waals surface area (Å²) in [6, 6.07) is 5.76. The summed E-state index contributed by atoms with van der Waals surface area (Å²) < 4.78 is 12.2. The van der Waals surface area contributed by atoms with Crippen LogP contribution < -0.4 is 10.8 Å². The molecule has 0 aromatic heterocycles. The van der Waals surface area contributed by atoms with Crippen LogP contribution in [-0.4, -0.2) is 24.2 Å². The van der Waals surface area contributed by atoms with E-state index in [1.165, 1.54) is 6.08 Å². The molecule has 4 nitrogen and oxygen atoms in total. The summed E-state index contributed by atoms with van der Waals surface area (Å²) in [5.41, 5.74) is 1.91. The molecular formula is C17H24BNO3. The van der Waals surface area contributed by atoms with Gasteiger partial charge in [-0.15, -0.1) is 0 Å². The van der Waals surface area contributed by atoms with Crippen LogP contribution in [0, 0.1) is 6.92 Å². The number of anilines is 1. The Kier molecular flexibility index (Phi) is 4.50. The van der Waals surface area contributed by atoms with Crippen LogP contribution in [0.3, 0.4) is 0 Å². The highest BCUT2D eigenvalue weighted by Gasteiger charge is 2.52. The largest absolute Gasteiger partial charge is 0.495 e. The second-order valence-corrected chi connectivity index (χ2v) is 6.60. The number of carbonyl (C=O) groups is 1. The minimum Gasteiger partial charge on any atom is -0.399 e. The first-order valence-corrected chi connectivity index (χ1v) is 7.57. The zero-order valence-corrected chi connectivity index (χ0v) is 14.2. The third kappa shape index (κ3) is 3.10. The number of hydrogen-bond donors (Lipinski definition) is 1. The van der Waals surface area contributed by atoms with Gasteiger partial charge >= 0.3 is 7.12 Å². The molecular weight excluding hydrogens is 277 g/mol. The molecule has 5 heteroatoms. The van der Waals surface area contributed by atoms with Gasteiger partial charge in [-0.2, -0.15) is 0 Å². The van der Waals surface area contributed by atoms with Crippen molar-refractivity contribution in [1.82, 2.24) is 0 Å². The number of amides is 1. The van der Waals surface area contributed by atoms with Crippen molar-refractivity contribution >= 4 is 24.2 Å². The first kappa shape index (κ1) is 16.8. The van der Waals surface area contributed by atoms with E-state index >= 15 is 0 Å². The van der Waals surface area contributed by atoms with Crippen LogP contribution in [0.2, 0.25) is 0 Å². The van der Waals surface area contributed by atoms with Gasteiger partial charge in [-0.1, -0.05) is 18.2 Å². The fourth-order valence-electron chi connectivity index (χ4n) is 2.34. The van der Waals surface area contributed by atoms with Gasteiger partial charge in [-0.05, 0) is 64.7 Å². The lowest BCUT2D eigenvalue weighted by Crippen LogP contribution is -2.41. The number of allylic oxidation sites excluding steroid dienone is 1. The second kappa shape index (κ2) is 5.90. The SMILES string of the molecule is CC=CC(=O)Nc1cccc(B2OC(C)(C)C(C)(C)O2)c1C. The predicted molar refractivity (Wildman–Crippen MR) is 90.3 cm³/mol. The molecule has 0 spiro atoms. The molecule has 0 saturated carbocycles. The van der Waals surface area contributed by atoms with Crippen LogP contribution in [0.25, 0.3) is 0 Å². The predicted octanol–water partition coefficient (Wildman–Crippen LogP) is 2.81.